The Morgan fingerprint density at radius 1 is 1.53 bits per heavy atom. The molecule has 1 atom stereocenters. The number of amides is 1. The molecule has 1 heterocycles. The van der Waals surface area contributed by atoms with E-state index >= 15 is 0 Å². The monoisotopic (exact) mass is 255 g/mol. The minimum atomic E-state index is -0.109. The molecule has 0 saturated carbocycles. The van der Waals surface area contributed by atoms with Crippen LogP contribution in [0.3, 0.4) is 0 Å². The Bertz CT molecular complexity index is 360. The molecule has 0 aliphatic carbocycles. The van der Waals surface area contributed by atoms with Gasteiger partial charge in [0.25, 0.3) is 5.91 Å². The van der Waals surface area contributed by atoms with E-state index in [1.165, 1.54) is 11.3 Å². The van der Waals surface area contributed by atoms with Crippen molar-refractivity contribution in [2.24, 2.45) is 11.7 Å². The molecule has 0 aliphatic heterocycles. The van der Waals surface area contributed by atoms with Crippen LogP contribution in [0.5, 0.6) is 0 Å². The number of nitrogens with one attached hydrogen (secondary N) is 1. The van der Waals surface area contributed by atoms with Crippen molar-refractivity contribution in [1.82, 2.24) is 10.3 Å². The van der Waals surface area contributed by atoms with Crippen LogP contribution < -0.4 is 11.1 Å². The number of hydrogen-bond acceptors (Lipinski definition) is 4. The number of nitrogens with zero attached hydrogens (tertiary/aromatic N) is 1. The summed E-state index contributed by atoms with van der Waals surface area (Å²) in [6.07, 6.45) is 2.14. The standard InChI is InChI=1S/C12H21N3OS/c1-8(2)5-4-6-14-11(16)10-7-17-12(15-10)9(3)13/h7-9H,4-6,13H2,1-3H3,(H,14,16). The third-order valence-corrected chi connectivity index (χ3v) is 3.43. The summed E-state index contributed by atoms with van der Waals surface area (Å²) in [6.45, 7) is 6.93. The second-order valence-corrected chi connectivity index (χ2v) is 5.54. The number of nitrogens with two attached hydrogens (primary N) is 1. The number of hydrogen-bond donors (Lipinski definition) is 2. The summed E-state index contributed by atoms with van der Waals surface area (Å²) in [5.41, 5.74) is 6.18. The molecule has 3 N–H and O–H groups in total. The van der Waals surface area contributed by atoms with Crippen molar-refractivity contribution < 1.29 is 4.79 Å². The van der Waals surface area contributed by atoms with Gasteiger partial charge in [-0.25, -0.2) is 4.98 Å². The Morgan fingerprint density at radius 2 is 2.24 bits per heavy atom. The molecular formula is C12H21N3OS. The van der Waals surface area contributed by atoms with Crippen molar-refractivity contribution in [3.05, 3.63) is 16.1 Å². The number of carbonyl (C=O) groups excluding carboxylic acids is 1. The summed E-state index contributed by atoms with van der Waals surface area (Å²) < 4.78 is 0. The van der Waals surface area contributed by atoms with Gasteiger partial charge in [0.15, 0.2) is 0 Å². The van der Waals surface area contributed by atoms with Crippen LogP contribution in [0.2, 0.25) is 0 Å². The second-order valence-electron chi connectivity index (χ2n) is 4.65. The Balaban J connectivity index is 2.36. The molecule has 1 unspecified atom stereocenters. The van der Waals surface area contributed by atoms with Crippen LogP contribution in [0.1, 0.15) is 55.2 Å². The van der Waals surface area contributed by atoms with Gasteiger partial charge < -0.3 is 11.1 Å². The van der Waals surface area contributed by atoms with E-state index < -0.39 is 0 Å². The molecule has 96 valence electrons. The third-order valence-electron chi connectivity index (χ3n) is 2.39. The van der Waals surface area contributed by atoms with E-state index in [0.29, 0.717) is 18.2 Å². The summed E-state index contributed by atoms with van der Waals surface area (Å²) in [5, 5.41) is 5.43. The molecule has 0 radical (unpaired) electrons. The molecule has 17 heavy (non-hydrogen) atoms. The van der Waals surface area contributed by atoms with Crippen LogP contribution in [0, 0.1) is 5.92 Å². The number of carbonyl (C=O) groups is 1. The van der Waals surface area contributed by atoms with E-state index in [2.05, 4.69) is 24.1 Å². The highest BCUT2D eigenvalue weighted by Gasteiger charge is 2.11. The highest BCUT2D eigenvalue weighted by molar-refractivity contribution is 7.09. The van der Waals surface area contributed by atoms with Gasteiger partial charge >= 0.3 is 0 Å². The molecule has 0 spiro atoms. The lowest BCUT2D eigenvalue weighted by Crippen LogP contribution is -2.25. The minimum Gasteiger partial charge on any atom is -0.351 e. The molecule has 1 aromatic heterocycles. The number of aromatic nitrogens is 1. The minimum absolute atomic E-state index is 0.100. The van der Waals surface area contributed by atoms with Crippen LogP contribution in [0.15, 0.2) is 5.38 Å². The molecule has 0 saturated heterocycles. The van der Waals surface area contributed by atoms with E-state index in [-0.39, 0.29) is 11.9 Å². The smallest absolute Gasteiger partial charge is 0.270 e. The van der Waals surface area contributed by atoms with E-state index in [0.717, 1.165) is 17.8 Å². The zero-order chi connectivity index (χ0) is 12.8. The molecule has 0 fully saturated rings. The lowest BCUT2D eigenvalue weighted by Gasteiger charge is -2.05. The summed E-state index contributed by atoms with van der Waals surface area (Å²) in [5.74, 6) is 0.577. The normalized spacial score (nSPS) is 12.8. The Morgan fingerprint density at radius 3 is 2.76 bits per heavy atom. The molecule has 1 amide bonds. The summed E-state index contributed by atoms with van der Waals surface area (Å²) in [6, 6.07) is -0.109. The topological polar surface area (TPSA) is 68.0 Å². The van der Waals surface area contributed by atoms with Crippen molar-refractivity contribution in [2.75, 3.05) is 6.54 Å². The first-order chi connectivity index (χ1) is 8.00. The van der Waals surface area contributed by atoms with Crippen molar-refractivity contribution in [3.8, 4) is 0 Å². The maximum atomic E-state index is 11.7. The third kappa shape index (κ3) is 4.83. The molecule has 0 aliphatic rings. The molecule has 1 aromatic rings. The molecule has 5 heteroatoms. The largest absolute Gasteiger partial charge is 0.351 e. The molecule has 0 aromatic carbocycles. The average Bonchev–Trinajstić information content (AvgIpc) is 2.73. The maximum absolute atomic E-state index is 11.7. The quantitative estimate of drug-likeness (QED) is 0.767. The first-order valence-electron chi connectivity index (χ1n) is 6.00. The van der Waals surface area contributed by atoms with Gasteiger partial charge in [0.2, 0.25) is 0 Å². The lowest BCUT2D eigenvalue weighted by atomic mass is 10.1. The predicted molar refractivity (Wildman–Crippen MR) is 71.1 cm³/mol. The number of rotatable bonds is 6. The maximum Gasteiger partial charge on any atom is 0.270 e. The summed E-state index contributed by atoms with van der Waals surface area (Å²) >= 11 is 1.43. The van der Waals surface area contributed by atoms with Crippen molar-refractivity contribution in [3.63, 3.8) is 0 Å². The van der Waals surface area contributed by atoms with Gasteiger partial charge in [-0.3, -0.25) is 4.79 Å². The second kappa shape index (κ2) is 6.71. The first kappa shape index (κ1) is 14.1. The van der Waals surface area contributed by atoms with Crippen molar-refractivity contribution in [2.45, 2.75) is 39.7 Å². The van der Waals surface area contributed by atoms with Gasteiger partial charge in [0.05, 0.1) is 6.04 Å². The van der Waals surface area contributed by atoms with Gasteiger partial charge in [-0.15, -0.1) is 11.3 Å². The van der Waals surface area contributed by atoms with E-state index in [4.69, 9.17) is 5.73 Å². The van der Waals surface area contributed by atoms with Gasteiger partial charge in [-0.05, 0) is 25.7 Å². The van der Waals surface area contributed by atoms with Gasteiger partial charge in [-0.1, -0.05) is 13.8 Å². The van der Waals surface area contributed by atoms with Crippen molar-refractivity contribution in [1.29, 1.82) is 0 Å². The van der Waals surface area contributed by atoms with Gasteiger partial charge in [-0.2, -0.15) is 0 Å². The van der Waals surface area contributed by atoms with Gasteiger partial charge in [0, 0.05) is 11.9 Å². The van der Waals surface area contributed by atoms with E-state index in [9.17, 15) is 4.79 Å². The first-order valence-corrected chi connectivity index (χ1v) is 6.88. The Hall–Kier alpha value is -0.940. The van der Waals surface area contributed by atoms with E-state index in [1.54, 1.807) is 5.38 Å². The average molecular weight is 255 g/mol. The summed E-state index contributed by atoms with van der Waals surface area (Å²) in [7, 11) is 0. The zero-order valence-electron chi connectivity index (χ0n) is 10.7. The zero-order valence-corrected chi connectivity index (χ0v) is 11.5. The van der Waals surface area contributed by atoms with Crippen LogP contribution in [-0.4, -0.2) is 17.4 Å². The van der Waals surface area contributed by atoms with Crippen LogP contribution in [-0.2, 0) is 0 Å². The molecule has 0 bridgehead atoms. The molecule has 1 rings (SSSR count). The fraction of sp³-hybridized carbons (Fsp3) is 0.667. The molecule has 4 nitrogen and oxygen atoms in total. The van der Waals surface area contributed by atoms with Gasteiger partial charge in [0.1, 0.15) is 10.7 Å². The fourth-order valence-electron chi connectivity index (χ4n) is 1.40. The molecular weight excluding hydrogens is 234 g/mol. The highest BCUT2D eigenvalue weighted by Crippen LogP contribution is 2.15. The SMILES string of the molecule is CC(C)CCCNC(=O)c1csc(C(C)N)n1. The summed E-state index contributed by atoms with van der Waals surface area (Å²) in [4.78, 5) is 15.9. The van der Waals surface area contributed by atoms with Crippen LogP contribution in [0.4, 0.5) is 0 Å². The Labute approximate surface area is 107 Å². The predicted octanol–water partition coefficient (Wildman–Crippen LogP) is 2.33. The van der Waals surface area contributed by atoms with Crippen LogP contribution >= 0.6 is 11.3 Å². The van der Waals surface area contributed by atoms with E-state index in [1.807, 2.05) is 6.92 Å². The number of thiazole rings is 1. The van der Waals surface area contributed by atoms with Crippen LogP contribution in [0.25, 0.3) is 0 Å². The van der Waals surface area contributed by atoms with Crippen molar-refractivity contribution >= 4 is 17.2 Å². The highest BCUT2D eigenvalue weighted by atomic mass is 32.1. The Kier molecular flexibility index (Phi) is 5.58. The lowest BCUT2D eigenvalue weighted by molar-refractivity contribution is 0.0948. The fourth-order valence-corrected chi connectivity index (χ4v) is 2.16.